The van der Waals surface area contributed by atoms with Crippen LogP contribution in [-0.4, -0.2) is 24.8 Å². The van der Waals surface area contributed by atoms with Crippen LogP contribution >= 0.6 is 0 Å². The molecule has 1 atom stereocenters. The van der Waals surface area contributed by atoms with Crippen molar-refractivity contribution in [3.8, 4) is 0 Å². The molecule has 15 heavy (non-hydrogen) atoms. The topological polar surface area (TPSA) is 72.2 Å². The molecule has 0 aromatic rings. The van der Waals surface area contributed by atoms with Crippen LogP contribution < -0.4 is 11.1 Å². The van der Waals surface area contributed by atoms with Gasteiger partial charge in [0.15, 0.2) is 0 Å². The van der Waals surface area contributed by atoms with Gasteiger partial charge < -0.3 is 15.8 Å². The molecule has 0 aliphatic carbocycles. The summed E-state index contributed by atoms with van der Waals surface area (Å²) in [5, 5.41) is 2.75. The fraction of sp³-hybridized carbons (Fsp3) is 0.818. The summed E-state index contributed by atoms with van der Waals surface area (Å²) < 4.78 is 0. The molecule has 0 aromatic carbocycles. The lowest BCUT2D eigenvalue weighted by Gasteiger charge is -2.06. The summed E-state index contributed by atoms with van der Waals surface area (Å²) >= 11 is 0. The van der Waals surface area contributed by atoms with E-state index in [4.69, 9.17) is 5.73 Å². The minimum absolute atomic E-state index is 0.0957. The molecule has 0 spiro atoms. The molecule has 0 bridgehead atoms. The monoisotopic (exact) mass is 214 g/mol. The van der Waals surface area contributed by atoms with Crippen molar-refractivity contribution in [2.75, 3.05) is 6.54 Å². The third kappa shape index (κ3) is 9.41. The van der Waals surface area contributed by atoms with E-state index in [1.165, 1.54) is 19.3 Å². The third-order valence-corrected chi connectivity index (χ3v) is 2.20. The van der Waals surface area contributed by atoms with Gasteiger partial charge in [0, 0.05) is 13.0 Å². The van der Waals surface area contributed by atoms with E-state index in [0.29, 0.717) is 12.8 Å². The van der Waals surface area contributed by atoms with Crippen LogP contribution in [0.1, 0.15) is 45.4 Å². The van der Waals surface area contributed by atoms with Crippen molar-refractivity contribution in [1.82, 2.24) is 5.32 Å². The maximum Gasteiger partial charge on any atom is 0.222 e. The molecule has 0 aliphatic heterocycles. The lowest BCUT2D eigenvalue weighted by molar-refractivity contribution is -0.123. The molecule has 0 saturated carbocycles. The van der Waals surface area contributed by atoms with E-state index in [1.807, 2.05) is 0 Å². The smallest absolute Gasteiger partial charge is 0.222 e. The van der Waals surface area contributed by atoms with Gasteiger partial charge in [-0.05, 0) is 6.42 Å². The molecule has 0 rings (SSSR count). The molecule has 4 heteroatoms. The molecular weight excluding hydrogens is 192 g/mol. The Kier molecular flexibility index (Phi) is 9.07. The molecule has 0 aromatic heterocycles. The van der Waals surface area contributed by atoms with Crippen LogP contribution in [0.5, 0.6) is 0 Å². The molecule has 0 saturated heterocycles. The Labute approximate surface area is 91.6 Å². The number of aldehydes is 1. The number of amides is 1. The highest BCUT2D eigenvalue weighted by Gasteiger charge is 2.06. The van der Waals surface area contributed by atoms with Crippen LogP contribution in [0.2, 0.25) is 0 Å². The number of carbonyl (C=O) groups is 2. The Morgan fingerprint density at radius 1 is 1.33 bits per heavy atom. The summed E-state index contributed by atoms with van der Waals surface area (Å²) in [5.41, 5.74) is 5.31. The van der Waals surface area contributed by atoms with Crippen molar-refractivity contribution in [2.24, 2.45) is 5.73 Å². The van der Waals surface area contributed by atoms with Gasteiger partial charge in [-0.3, -0.25) is 4.79 Å². The van der Waals surface area contributed by atoms with E-state index in [2.05, 4.69) is 12.2 Å². The van der Waals surface area contributed by atoms with Crippen LogP contribution in [0, 0.1) is 0 Å². The zero-order chi connectivity index (χ0) is 11.5. The van der Waals surface area contributed by atoms with Crippen LogP contribution in [-0.2, 0) is 9.59 Å². The van der Waals surface area contributed by atoms with Crippen LogP contribution in [0.15, 0.2) is 0 Å². The van der Waals surface area contributed by atoms with Crippen molar-refractivity contribution in [3.05, 3.63) is 0 Å². The molecule has 4 nitrogen and oxygen atoms in total. The second-order valence-electron chi connectivity index (χ2n) is 3.77. The molecule has 0 fully saturated rings. The molecule has 88 valence electrons. The minimum atomic E-state index is -0.662. The minimum Gasteiger partial charge on any atom is -0.356 e. The van der Waals surface area contributed by atoms with Crippen LogP contribution in [0.25, 0.3) is 0 Å². The largest absolute Gasteiger partial charge is 0.356 e. The maximum atomic E-state index is 11.2. The van der Waals surface area contributed by atoms with E-state index in [9.17, 15) is 9.59 Å². The Bertz CT molecular complexity index is 183. The van der Waals surface area contributed by atoms with E-state index in [0.717, 1.165) is 12.8 Å². The van der Waals surface area contributed by atoms with Crippen LogP contribution in [0.4, 0.5) is 0 Å². The first-order chi connectivity index (χ1) is 7.20. The fourth-order valence-corrected chi connectivity index (χ4v) is 1.29. The number of unbranched alkanes of at least 4 members (excludes halogenated alkanes) is 4. The number of nitrogens with one attached hydrogen (secondary N) is 1. The lowest BCUT2D eigenvalue weighted by atomic mass is 10.1. The Hall–Kier alpha value is -0.900. The molecule has 1 amide bonds. The van der Waals surface area contributed by atoms with Gasteiger partial charge in [-0.2, -0.15) is 0 Å². The SMILES string of the molecule is CCCCCCCNC(=O)C[C@H](N)C=O. The molecular formula is C11H22N2O2. The summed E-state index contributed by atoms with van der Waals surface area (Å²) in [6, 6.07) is -0.662. The molecule has 0 radical (unpaired) electrons. The summed E-state index contributed by atoms with van der Waals surface area (Å²) in [6.45, 7) is 2.86. The first-order valence-electron chi connectivity index (χ1n) is 5.68. The molecule has 0 aliphatic rings. The summed E-state index contributed by atoms with van der Waals surface area (Å²) in [6.07, 6.45) is 6.54. The standard InChI is InChI=1S/C11H22N2O2/c1-2-3-4-5-6-7-13-11(15)8-10(12)9-14/h9-10H,2-8,12H2,1H3,(H,13,15)/t10-/m0/s1. The highest BCUT2D eigenvalue weighted by Crippen LogP contribution is 2.01. The third-order valence-electron chi connectivity index (χ3n) is 2.20. The average molecular weight is 214 g/mol. The molecule has 3 N–H and O–H groups in total. The van der Waals surface area contributed by atoms with Crippen molar-refractivity contribution < 1.29 is 9.59 Å². The Morgan fingerprint density at radius 3 is 2.60 bits per heavy atom. The van der Waals surface area contributed by atoms with Gasteiger partial charge in [0.2, 0.25) is 5.91 Å². The van der Waals surface area contributed by atoms with Gasteiger partial charge in [0.05, 0.1) is 6.04 Å². The fourth-order valence-electron chi connectivity index (χ4n) is 1.29. The van der Waals surface area contributed by atoms with E-state index >= 15 is 0 Å². The van der Waals surface area contributed by atoms with Gasteiger partial charge in [-0.1, -0.05) is 32.6 Å². The van der Waals surface area contributed by atoms with Gasteiger partial charge in [0.25, 0.3) is 0 Å². The highest BCUT2D eigenvalue weighted by atomic mass is 16.1. The quantitative estimate of drug-likeness (QED) is 0.444. The molecule has 0 heterocycles. The van der Waals surface area contributed by atoms with Crippen molar-refractivity contribution in [1.29, 1.82) is 0 Å². The zero-order valence-electron chi connectivity index (χ0n) is 9.50. The van der Waals surface area contributed by atoms with Crippen molar-refractivity contribution in [3.63, 3.8) is 0 Å². The van der Waals surface area contributed by atoms with Crippen molar-refractivity contribution >= 4 is 12.2 Å². The number of carbonyl (C=O) groups excluding carboxylic acids is 2. The second kappa shape index (κ2) is 9.65. The van der Waals surface area contributed by atoms with Gasteiger partial charge in [-0.25, -0.2) is 0 Å². The number of nitrogens with two attached hydrogens (primary N) is 1. The summed E-state index contributed by atoms with van der Waals surface area (Å²) in [4.78, 5) is 21.3. The molecule has 0 unspecified atom stereocenters. The van der Waals surface area contributed by atoms with Crippen molar-refractivity contribution in [2.45, 2.75) is 51.5 Å². The number of hydrogen-bond donors (Lipinski definition) is 2. The lowest BCUT2D eigenvalue weighted by Crippen LogP contribution is -2.32. The second-order valence-corrected chi connectivity index (χ2v) is 3.77. The number of hydrogen-bond acceptors (Lipinski definition) is 3. The normalized spacial score (nSPS) is 12.1. The maximum absolute atomic E-state index is 11.2. The van der Waals surface area contributed by atoms with Gasteiger partial charge in [-0.15, -0.1) is 0 Å². The van der Waals surface area contributed by atoms with E-state index in [-0.39, 0.29) is 12.3 Å². The predicted molar refractivity (Wildman–Crippen MR) is 60.4 cm³/mol. The first kappa shape index (κ1) is 14.1. The zero-order valence-corrected chi connectivity index (χ0v) is 9.50. The Balaban J connectivity index is 3.27. The average Bonchev–Trinajstić information content (AvgIpc) is 2.23. The van der Waals surface area contributed by atoms with Gasteiger partial charge in [0.1, 0.15) is 6.29 Å². The van der Waals surface area contributed by atoms with Crippen LogP contribution in [0.3, 0.4) is 0 Å². The first-order valence-corrected chi connectivity index (χ1v) is 5.68. The van der Waals surface area contributed by atoms with E-state index < -0.39 is 6.04 Å². The summed E-state index contributed by atoms with van der Waals surface area (Å²) in [7, 11) is 0. The summed E-state index contributed by atoms with van der Waals surface area (Å²) in [5.74, 6) is -0.134. The van der Waals surface area contributed by atoms with Gasteiger partial charge >= 0.3 is 0 Å². The van der Waals surface area contributed by atoms with E-state index in [1.54, 1.807) is 0 Å². The highest BCUT2D eigenvalue weighted by molar-refractivity contribution is 5.80. The predicted octanol–water partition coefficient (Wildman–Crippen LogP) is 0.989. The number of rotatable bonds is 9. The Morgan fingerprint density at radius 2 is 2.00 bits per heavy atom.